The number of carboxylic acids is 1. The van der Waals surface area contributed by atoms with Crippen LogP contribution in [0.15, 0.2) is 18.3 Å². The maximum absolute atomic E-state index is 11.6. The van der Waals surface area contributed by atoms with Gasteiger partial charge in [0, 0.05) is 12.7 Å². The Balaban J connectivity index is 2.38. The molecule has 1 N–H and O–H groups in total. The maximum atomic E-state index is 11.6. The van der Waals surface area contributed by atoms with Crippen molar-refractivity contribution in [2.75, 3.05) is 18.6 Å². The van der Waals surface area contributed by atoms with E-state index < -0.39 is 17.5 Å². The van der Waals surface area contributed by atoms with Crippen molar-refractivity contribution in [1.29, 1.82) is 0 Å². The Morgan fingerprint density at radius 2 is 2.20 bits per heavy atom. The highest BCUT2D eigenvalue weighted by molar-refractivity contribution is 5.90. The number of ether oxygens (including phenoxy) is 1. The highest BCUT2D eigenvalue weighted by Crippen LogP contribution is 2.32. The second kappa shape index (κ2) is 5.48. The highest BCUT2D eigenvalue weighted by Gasteiger charge is 2.42. The third kappa shape index (κ3) is 2.45. The van der Waals surface area contributed by atoms with Crippen LogP contribution in [0.2, 0.25) is 0 Å². The second-order valence-corrected chi connectivity index (χ2v) is 5.08. The van der Waals surface area contributed by atoms with E-state index in [1.165, 1.54) is 13.3 Å². The van der Waals surface area contributed by atoms with Crippen LogP contribution in [0, 0.1) is 0 Å². The Labute approximate surface area is 117 Å². The van der Waals surface area contributed by atoms with Crippen LogP contribution >= 0.6 is 0 Å². The van der Waals surface area contributed by atoms with Gasteiger partial charge in [-0.1, -0.05) is 0 Å². The van der Waals surface area contributed by atoms with Crippen LogP contribution in [0.4, 0.5) is 5.82 Å². The van der Waals surface area contributed by atoms with Gasteiger partial charge in [-0.15, -0.1) is 0 Å². The summed E-state index contributed by atoms with van der Waals surface area (Å²) < 4.78 is 4.68. The number of carbonyl (C=O) groups is 2. The minimum atomic E-state index is -0.986. The van der Waals surface area contributed by atoms with Gasteiger partial charge in [0.15, 0.2) is 0 Å². The molecule has 0 amide bonds. The summed E-state index contributed by atoms with van der Waals surface area (Å²) in [6.45, 7) is 2.31. The molecule has 0 bridgehead atoms. The Bertz CT molecular complexity index is 532. The average Bonchev–Trinajstić information content (AvgIpc) is 2.47. The molecular formula is C14H18N2O4. The van der Waals surface area contributed by atoms with Crippen molar-refractivity contribution in [2.24, 2.45) is 0 Å². The van der Waals surface area contributed by atoms with E-state index in [9.17, 15) is 14.7 Å². The summed E-state index contributed by atoms with van der Waals surface area (Å²) in [5.74, 6) is -0.831. The summed E-state index contributed by atoms with van der Waals surface area (Å²) >= 11 is 0. The standard InChI is InChI=1S/C14H18N2O4/c1-14(13(18)19)6-3-4-8-16(14)11-9-10(5-7-15-11)12(17)20-2/h5,7,9H,3-4,6,8H2,1-2H3,(H,18,19). The first kappa shape index (κ1) is 14.3. The number of carboxylic acid groups (broad SMARTS) is 1. The largest absolute Gasteiger partial charge is 0.480 e. The predicted molar refractivity (Wildman–Crippen MR) is 72.8 cm³/mol. The van der Waals surface area contributed by atoms with Gasteiger partial charge in [-0.25, -0.2) is 14.6 Å². The summed E-state index contributed by atoms with van der Waals surface area (Å²) in [5, 5.41) is 9.49. The summed E-state index contributed by atoms with van der Waals surface area (Å²) in [6, 6.07) is 3.13. The van der Waals surface area contributed by atoms with Gasteiger partial charge in [-0.05, 0) is 38.3 Å². The molecule has 1 unspecified atom stereocenters. The molecule has 0 aromatic carbocycles. The van der Waals surface area contributed by atoms with Crippen molar-refractivity contribution in [1.82, 2.24) is 4.98 Å². The normalized spacial score (nSPS) is 22.4. The van der Waals surface area contributed by atoms with Gasteiger partial charge in [0.25, 0.3) is 0 Å². The number of anilines is 1. The number of piperidine rings is 1. The topological polar surface area (TPSA) is 79.7 Å². The summed E-state index contributed by atoms with van der Waals surface area (Å²) in [4.78, 5) is 29.1. The van der Waals surface area contributed by atoms with Crippen LogP contribution < -0.4 is 4.90 Å². The molecule has 1 fully saturated rings. The SMILES string of the molecule is COC(=O)c1ccnc(N2CCCCC2(C)C(=O)O)c1. The molecule has 1 atom stereocenters. The van der Waals surface area contributed by atoms with Gasteiger partial charge in [0.1, 0.15) is 11.4 Å². The lowest BCUT2D eigenvalue weighted by Gasteiger charge is -2.42. The zero-order chi connectivity index (χ0) is 14.8. The summed E-state index contributed by atoms with van der Waals surface area (Å²) in [7, 11) is 1.31. The van der Waals surface area contributed by atoms with Gasteiger partial charge in [-0.3, -0.25) is 0 Å². The van der Waals surface area contributed by atoms with Gasteiger partial charge >= 0.3 is 11.9 Å². The van der Waals surface area contributed by atoms with Crippen LogP contribution in [0.5, 0.6) is 0 Å². The van der Waals surface area contributed by atoms with Crippen molar-refractivity contribution in [3.63, 3.8) is 0 Å². The lowest BCUT2D eigenvalue weighted by Crippen LogP contribution is -2.55. The molecule has 6 nitrogen and oxygen atoms in total. The summed E-state index contributed by atoms with van der Waals surface area (Å²) in [5.41, 5.74) is -0.615. The minimum Gasteiger partial charge on any atom is -0.480 e. The number of hydrogen-bond donors (Lipinski definition) is 1. The van der Waals surface area contributed by atoms with E-state index in [1.807, 2.05) is 0 Å². The quantitative estimate of drug-likeness (QED) is 0.848. The number of methoxy groups -OCH3 is 1. The first-order valence-corrected chi connectivity index (χ1v) is 6.54. The molecule has 2 heterocycles. The number of rotatable bonds is 3. The van der Waals surface area contributed by atoms with E-state index in [-0.39, 0.29) is 0 Å². The monoisotopic (exact) mass is 278 g/mol. The Morgan fingerprint density at radius 1 is 1.45 bits per heavy atom. The number of nitrogens with zero attached hydrogens (tertiary/aromatic N) is 2. The van der Waals surface area contributed by atoms with Gasteiger partial charge in [-0.2, -0.15) is 0 Å². The highest BCUT2D eigenvalue weighted by atomic mass is 16.5. The fourth-order valence-corrected chi connectivity index (χ4v) is 2.52. The molecule has 1 aliphatic heterocycles. The van der Waals surface area contributed by atoms with E-state index in [0.29, 0.717) is 24.3 Å². The van der Waals surface area contributed by atoms with Crippen LogP contribution in [0.3, 0.4) is 0 Å². The lowest BCUT2D eigenvalue weighted by molar-refractivity contribution is -0.143. The van der Waals surface area contributed by atoms with E-state index in [2.05, 4.69) is 9.72 Å². The van der Waals surface area contributed by atoms with Crippen molar-refractivity contribution >= 4 is 17.8 Å². The fourth-order valence-electron chi connectivity index (χ4n) is 2.52. The van der Waals surface area contributed by atoms with Gasteiger partial charge < -0.3 is 14.7 Å². The van der Waals surface area contributed by atoms with Crippen LogP contribution in [-0.2, 0) is 9.53 Å². The molecule has 0 spiro atoms. The van der Waals surface area contributed by atoms with E-state index in [4.69, 9.17) is 0 Å². The molecule has 0 radical (unpaired) electrons. The minimum absolute atomic E-state index is 0.371. The zero-order valence-electron chi connectivity index (χ0n) is 11.6. The number of aliphatic carboxylic acids is 1. The number of pyridine rings is 1. The smallest absolute Gasteiger partial charge is 0.338 e. The molecule has 1 aliphatic rings. The molecule has 108 valence electrons. The summed E-state index contributed by atoms with van der Waals surface area (Å²) in [6.07, 6.45) is 3.84. The number of aromatic nitrogens is 1. The predicted octanol–water partition coefficient (Wildman–Crippen LogP) is 1.70. The second-order valence-electron chi connectivity index (χ2n) is 5.08. The molecule has 6 heteroatoms. The van der Waals surface area contributed by atoms with Crippen LogP contribution in [0.25, 0.3) is 0 Å². The molecule has 1 aromatic heterocycles. The van der Waals surface area contributed by atoms with Crippen LogP contribution in [-0.4, -0.2) is 41.2 Å². The Kier molecular flexibility index (Phi) is 3.92. The molecule has 0 saturated carbocycles. The zero-order valence-corrected chi connectivity index (χ0v) is 11.6. The Hall–Kier alpha value is -2.11. The maximum Gasteiger partial charge on any atom is 0.338 e. The number of hydrogen-bond acceptors (Lipinski definition) is 5. The molecule has 1 saturated heterocycles. The van der Waals surface area contributed by atoms with Gasteiger partial charge in [0.2, 0.25) is 0 Å². The molecule has 20 heavy (non-hydrogen) atoms. The number of esters is 1. The molecular weight excluding hydrogens is 260 g/mol. The third-order valence-electron chi connectivity index (χ3n) is 3.79. The molecule has 0 aliphatic carbocycles. The van der Waals surface area contributed by atoms with Gasteiger partial charge in [0.05, 0.1) is 12.7 Å². The number of carbonyl (C=O) groups excluding carboxylic acids is 1. The van der Waals surface area contributed by atoms with E-state index >= 15 is 0 Å². The van der Waals surface area contributed by atoms with Crippen molar-refractivity contribution < 1.29 is 19.4 Å². The Morgan fingerprint density at radius 3 is 2.85 bits per heavy atom. The van der Waals surface area contributed by atoms with Crippen molar-refractivity contribution in [3.05, 3.63) is 23.9 Å². The lowest BCUT2D eigenvalue weighted by atomic mass is 9.88. The van der Waals surface area contributed by atoms with E-state index in [0.717, 1.165) is 12.8 Å². The fraction of sp³-hybridized carbons (Fsp3) is 0.500. The molecule has 1 aromatic rings. The first-order chi connectivity index (χ1) is 9.49. The molecule has 2 rings (SSSR count). The third-order valence-corrected chi connectivity index (χ3v) is 3.79. The average molecular weight is 278 g/mol. The first-order valence-electron chi connectivity index (χ1n) is 6.54. The van der Waals surface area contributed by atoms with Crippen molar-refractivity contribution in [3.8, 4) is 0 Å². The van der Waals surface area contributed by atoms with Crippen LogP contribution in [0.1, 0.15) is 36.5 Å². The van der Waals surface area contributed by atoms with Crippen molar-refractivity contribution in [2.45, 2.75) is 31.7 Å². The van der Waals surface area contributed by atoms with E-state index in [1.54, 1.807) is 24.0 Å².